The Kier molecular flexibility index (Phi) is 6.28. The second-order valence-electron chi connectivity index (χ2n) is 4.98. The van der Waals surface area contributed by atoms with Gasteiger partial charge in [-0.15, -0.1) is 0 Å². The van der Waals surface area contributed by atoms with Gasteiger partial charge in [-0.05, 0) is 25.5 Å². The average molecular weight is 334 g/mol. The number of nitrogens with one attached hydrogen (secondary N) is 1. The van der Waals surface area contributed by atoms with Crippen molar-refractivity contribution in [3.8, 4) is 0 Å². The highest BCUT2D eigenvalue weighted by molar-refractivity contribution is 7.92. The van der Waals surface area contributed by atoms with E-state index in [2.05, 4.69) is 5.32 Å². The summed E-state index contributed by atoms with van der Waals surface area (Å²) in [6.07, 6.45) is 2.56. The molecule has 0 aromatic heterocycles. The van der Waals surface area contributed by atoms with Crippen molar-refractivity contribution >= 4 is 21.6 Å². The predicted molar refractivity (Wildman–Crippen MR) is 81.1 cm³/mol. The lowest BCUT2D eigenvalue weighted by molar-refractivity contribution is -0.121. The van der Waals surface area contributed by atoms with E-state index in [1.165, 1.54) is 6.92 Å². The van der Waals surface area contributed by atoms with E-state index in [0.717, 1.165) is 41.6 Å². The van der Waals surface area contributed by atoms with Crippen molar-refractivity contribution in [1.82, 2.24) is 5.32 Å². The number of hydrogen-bond donors (Lipinski definition) is 1. The van der Waals surface area contributed by atoms with Gasteiger partial charge in [0.15, 0.2) is 11.6 Å². The minimum atomic E-state index is -3.84. The van der Waals surface area contributed by atoms with Gasteiger partial charge in [-0.1, -0.05) is 13.3 Å². The van der Waals surface area contributed by atoms with E-state index in [1.807, 2.05) is 6.92 Å². The van der Waals surface area contributed by atoms with E-state index >= 15 is 0 Å². The lowest BCUT2D eigenvalue weighted by Crippen LogP contribution is -2.48. The number of nitrogens with zero attached hydrogens (tertiary/aromatic N) is 1. The van der Waals surface area contributed by atoms with Crippen LogP contribution in [-0.2, 0) is 14.8 Å². The Hall–Kier alpha value is -1.70. The van der Waals surface area contributed by atoms with E-state index in [9.17, 15) is 22.0 Å². The van der Waals surface area contributed by atoms with Gasteiger partial charge < -0.3 is 5.32 Å². The molecule has 0 unspecified atom stereocenters. The average Bonchev–Trinajstić information content (AvgIpc) is 2.41. The molecule has 1 amide bonds. The molecule has 0 aliphatic rings. The van der Waals surface area contributed by atoms with Crippen molar-refractivity contribution in [1.29, 1.82) is 0 Å². The zero-order valence-corrected chi connectivity index (χ0v) is 13.6. The molecule has 1 atom stereocenters. The van der Waals surface area contributed by atoms with Gasteiger partial charge in [0.25, 0.3) is 0 Å². The van der Waals surface area contributed by atoms with E-state index < -0.39 is 33.6 Å². The topological polar surface area (TPSA) is 66.5 Å². The molecule has 0 saturated heterocycles. The molecule has 1 aromatic rings. The second-order valence-corrected chi connectivity index (χ2v) is 6.84. The summed E-state index contributed by atoms with van der Waals surface area (Å²) in [5.41, 5.74) is -0.0976. The largest absolute Gasteiger partial charge is 0.354 e. The molecule has 8 heteroatoms. The van der Waals surface area contributed by atoms with Gasteiger partial charge in [0.05, 0.1) is 11.9 Å². The van der Waals surface area contributed by atoms with Crippen LogP contribution in [0.25, 0.3) is 0 Å². The fourth-order valence-corrected chi connectivity index (χ4v) is 3.13. The third-order valence-electron chi connectivity index (χ3n) is 3.08. The molecule has 1 aromatic carbocycles. The van der Waals surface area contributed by atoms with Crippen LogP contribution >= 0.6 is 0 Å². The number of benzene rings is 1. The second kappa shape index (κ2) is 7.53. The normalized spacial score (nSPS) is 12.8. The number of carbonyl (C=O) groups is 1. The van der Waals surface area contributed by atoms with Crippen molar-refractivity contribution in [3.05, 3.63) is 29.8 Å². The van der Waals surface area contributed by atoms with Gasteiger partial charge in [-0.3, -0.25) is 9.10 Å². The number of rotatable bonds is 7. The van der Waals surface area contributed by atoms with Crippen molar-refractivity contribution in [2.45, 2.75) is 32.7 Å². The first kappa shape index (κ1) is 18.3. The van der Waals surface area contributed by atoms with E-state index in [4.69, 9.17) is 0 Å². The fourth-order valence-electron chi connectivity index (χ4n) is 1.97. The first-order chi connectivity index (χ1) is 10.2. The standard InChI is InChI=1S/C14H20F2N2O3S/c1-4-5-8-17-14(19)10(2)18(22(3,20)21)11-6-7-12(15)13(16)9-11/h6-7,9-10H,4-5,8H2,1-3H3,(H,17,19)/t10-/m0/s1. The van der Waals surface area contributed by atoms with Gasteiger partial charge in [0.1, 0.15) is 6.04 Å². The zero-order valence-electron chi connectivity index (χ0n) is 12.8. The van der Waals surface area contributed by atoms with Crippen LogP contribution in [0.5, 0.6) is 0 Å². The lowest BCUT2D eigenvalue weighted by atomic mass is 10.2. The summed E-state index contributed by atoms with van der Waals surface area (Å²) in [7, 11) is -3.84. The van der Waals surface area contributed by atoms with Gasteiger partial charge in [0, 0.05) is 12.6 Å². The van der Waals surface area contributed by atoms with Crippen molar-refractivity contribution < 1.29 is 22.0 Å². The highest BCUT2D eigenvalue weighted by atomic mass is 32.2. The molecular formula is C14H20F2N2O3S. The Morgan fingerprint density at radius 2 is 1.95 bits per heavy atom. The van der Waals surface area contributed by atoms with Gasteiger partial charge in [0.2, 0.25) is 15.9 Å². The highest BCUT2D eigenvalue weighted by Crippen LogP contribution is 2.23. The lowest BCUT2D eigenvalue weighted by Gasteiger charge is -2.28. The smallest absolute Gasteiger partial charge is 0.243 e. The summed E-state index contributed by atoms with van der Waals surface area (Å²) in [6.45, 7) is 3.78. The van der Waals surface area contributed by atoms with Crippen LogP contribution in [0.3, 0.4) is 0 Å². The minimum Gasteiger partial charge on any atom is -0.354 e. The van der Waals surface area contributed by atoms with E-state index in [1.54, 1.807) is 0 Å². The molecule has 0 fully saturated rings. The Morgan fingerprint density at radius 3 is 2.45 bits per heavy atom. The number of hydrogen-bond acceptors (Lipinski definition) is 3. The first-order valence-corrected chi connectivity index (χ1v) is 8.75. The van der Waals surface area contributed by atoms with Gasteiger partial charge >= 0.3 is 0 Å². The number of unbranched alkanes of at least 4 members (excludes halogenated alkanes) is 1. The predicted octanol–water partition coefficient (Wildman–Crippen LogP) is 2.04. The van der Waals surface area contributed by atoms with Crippen LogP contribution in [0.4, 0.5) is 14.5 Å². The summed E-state index contributed by atoms with van der Waals surface area (Å²) >= 11 is 0. The van der Waals surface area contributed by atoms with Crippen molar-refractivity contribution in [3.63, 3.8) is 0 Å². The Labute approximate surface area is 129 Å². The zero-order chi connectivity index (χ0) is 16.9. The molecule has 0 spiro atoms. The molecule has 0 radical (unpaired) electrons. The molecular weight excluding hydrogens is 314 g/mol. The molecule has 0 heterocycles. The fraction of sp³-hybridized carbons (Fsp3) is 0.500. The molecule has 0 bridgehead atoms. The number of halogens is 2. The van der Waals surface area contributed by atoms with Crippen LogP contribution < -0.4 is 9.62 Å². The molecule has 1 rings (SSSR count). The Balaban J connectivity index is 3.08. The molecule has 5 nitrogen and oxygen atoms in total. The van der Waals surface area contributed by atoms with Crippen LogP contribution in [-0.4, -0.2) is 33.2 Å². The molecule has 124 valence electrons. The maximum atomic E-state index is 13.3. The van der Waals surface area contributed by atoms with E-state index in [-0.39, 0.29) is 5.69 Å². The third kappa shape index (κ3) is 4.66. The summed E-state index contributed by atoms with van der Waals surface area (Å²) in [5, 5.41) is 2.62. The summed E-state index contributed by atoms with van der Waals surface area (Å²) in [5.74, 6) is -2.76. The monoisotopic (exact) mass is 334 g/mol. The molecule has 0 saturated carbocycles. The van der Waals surface area contributed by atoms with Crippen LogP contribution in [0.2, 0.25) is 0 Å². The summed E-state index contributed by atoms with van der Waals surface area (Å²) in [6, 6.07) is 1.63. The Morgan fingerprint density at radius 1 is 1.32 bits per heavy atom. The summed E-state index contributed by atoms with van der Waals surface area (Å²) in [4.78, 5) is 12.0. The molecule has 0 aliphatic carbocycles. The van der Waals surface area contributed by atoms with Crippen LogP contribution in [0.1, 0.15) is 26.7 Å². The molecule has 1 N–H and O–H groups in total. The Bertz CT molecular complexity index is 635. The van der Waals surface area contributed by atoms with Gasteiger partial charge in [-0.2, -0.15) is 0 Å². The van der Waals surface area contributed by atoms with E-state index in [0.29, 0.717) is 6.54 Å². The molecule has 0 aliphatic heterocycles. The maximum absolute atomic E-state index is 13.3. The number of anilines is 1. The van der Waals surface area contributed by atoms with Crippen molar-refractivity contribution in [2.75, 3.05) is 17.1 Å². The SMILES string of the molecule is CCCCNC(=O)[C@H](C)N(c1ccc(F)c(F)c1)S(C)(=O)=O. The minimum absolute atomic E-state index is 0.0976. The van der Waals surface area contributed by atoms with Crippen LogP contribution in [0.15, 0.2) is 18.2 Å². The number of carbonyl (C=O) groups excluding carboxylic acids is 1. The maximum Gasteiger partial charge on any atom is 0.243 e. The van der Waals surface area contributed by atoms with Crippen LogP contribution in [0, 0.1) is 11.6 Å². The number of amides is 1. The summed E-state index contributed by atoms with van der Waals surface area (Å²) < 4.78 is 51.0. The first-order valence-electron chi connectivity index (χ1n) is 6.90. The van der Waals surface area contributed by atoms with Gasteiger partial charge in [-0.25, -0.2) is 17.2 Å². The third-order valence-corrected chi connectivity index (χ3v) is 4.32. The number of sulfonamides is 1. The molecule has 22 heavy (non-hydrogen) atoms. The highest BCUT2D eigenvalue weighted by Gasteiger charge is 2.29. The van der Waals surface area contributed by atoms with Crippen molar-refractivity contribution in [2.24, 2.45) is 0 Å². The quantitative estimate of drug-likeness (QED) is 0.776.